The quantitative estimate of drug-likeness (QED) is 0.713. The summed E-state index contributed by atoms with van der Waals surface area (Å²) in [7, 11) is 0. The average Bonchev–Trinajstić information content (AvgIpc) is 2.62. The van der Waals surface area contributed by atoms with Crippen LogP contribution in [0.3, 0.4) is 0 Å². The summed E-state index contributed by atoms with van der Waals surface area (Å²) in [5.41, 5.74) is 7.19. The Morgan fingerprint density at radius 2 is 2.04 bits per heavy atom. The second-order valence-electron chi connectivity index (χ2n) is 7.21. The highest BCUT2D eigenvalue weighted by Gasteiger charge is 2.25. The summed E-state index contributed by atoms with van der Waals surface area (Å²) in [6.45, 7) is 6.64. The molecule has 1 saturated heterocycles. The summed E-state index contributed by atoms with van der Waals surface area (Å²) in [5.74, 6) is -0.287. The third-order valence-electron chi connectivity index (χ3n) is 5.01. The van der Waals surface area contributed by atoms with Crippen molar-refractivity contribution in [3.63, 3.8) is 0 Å². The summed E-state index contributed by atoms with van der Waals surface area (Å²) in [6.07, 6.45) is 4.46. The van der Waals surface area contributed by atoms with Gasteiger partial charge in [0.05, 0.1) is 0 Å². The molecule has 1 fully saturated rings. The number of carbonyl (C=O) groups excluding carboxylic acids is 3. The highest BCUT2D eigenvalue weighted by Crippen LogP contribution is 2.22. The van der Waals surface area contributed by atoms with Crippen molar-refractivity contribution in [3.05, 3.63) is 29.3 Å². The number of amides is 4. The molecular formula is C20H30N4O3. The standard InChI is InChI=1S/C20H30N4O3/c1-4-7-17(23-20(21)27)18(25)22-16-10-9-15(12-13(16)2)19(26)24-11-6-5-8-14(24)3/h9-10,12,14,17H,4-8,11H2,1-3H3,(H,22,25)(H3,21,23,27). The minimum absolute atomic E-state index is 0.0300. The molecule has 0 saturated carbocycles. The second-order valence-corrected chi connectivity index (χ2v) is 7.21. The number of anilines is 1. The van der Waals surface area contributed by atoms with Gasteiger partial charge in [-0.3, -0.25) is 9.59 Å². The highest BCUT2D eigenvalue weighted by molar-refractivity contribution is 5.99. The predicted molar refractivity (Wildman–Crippen MR) is 106 cm³/mol. The number of hydrogen-bond acceptors (Lipinski definition) is 3. The molecule has 2 unspecified atom stereocenters. The third kappa shape index (κ3) is 5.45. The normalized spacial score (nSPS) is 17.9. The molecule has 0 spiro atoms. The first-order valence-corrected chi connectivity index (χ1v) is 9.62. The van der Waals surface area contributed by atoms with Gasteiger partial charge in [0.25, 0.3) is 5.91 Å². The van der Waals surface area contributed by atoms with E-state index in [1.54, 1.807) is 18.2 Å². The van der Waals surface area contributed by atoms with Gasteiger partial charge in [0.15, 0.2) is 0 Å². The van der Waals surface area contributed by atoms with Crippen molar-refractivity contribution in [2.24, 2.45) is 5.73 Å². The molecule has 7 nitrogen and oxygen atoms in total. The van der Waals surface area contributed by atoms with E-state index < -0.39 is 12.1 Å². The largest absolute Gasteiger partial charge is 0.352 e. The average molecular weight is 374 g/mol. The zero-order valence-corrected chi connectivity index (χ0v) is 16.4. The Labute approximate surface area is 160 Å². The Hall–Kier alpha value is -2.57. The van der Waals surface area contributed by atoms with Crippen molar-refractivity contribution >= 4 is 23.5 Å². The number of nitrogens with zero attached hydrogens (tertiary/aromatic N) is 1. The van der Waals surface area contributed by atoms with Crippen molar-refractivity contribution in [2.45, 2.75) is 65.0 Å². The van der Waals surface area contributed by atoms with Crippen LogP contribution >= 0.6 is 0 Å². The fourth-order valence-corrected chi connectivity index (χ4v) is 3.45. The van der Waals surface area contributed by atoms with Crippen LogP contribution < -0.4 is 16.4 Å². The molecule has 2 rings (SSSR count). The number of likely N-dealkylation sites (tertiary alicyclic amines) is 1. The number of aryl methyl sites for hydroxylation is 1. The van der Waals surface area contributed by atoms with Crippen LogP contribution in [0.1, 0.15) is 61.9 Å². The van der Waals surface area contributed by atoms with E-state index in [-0.39, 0.29) is 17.9 Å². The van der Waals surface area contributed by atoms with Gasteiger partial charge in [0.2, 0.25) is 5.91 Å². The first-order chi connectivity index (χ1) is 12.8. The fraction of sp³-hybridized carbons (Fsp3) is 0.550. The van der Waals surface area contributed by atoms with Crippen LogP contribution in [0.2, 0.25) is 0 Å². The maximum atomic E-state index is 12.8. The Bertz CT molecular complexity index is 704. The molecule has 4 amide bonds. The molecule has 0 bridgehead atoms. The number of primary amides is 1. The molecule has 1 aromatic rings. The van der Waals surface area contributed by atoms with Gasteiger partial charge in [-0.05, 0) is 63.3 Å². The second kappa shape index (κ2) is 9.39. The van der Waals surface area contributed by atoms with Gasteiger partial charge in [0.1, 0.15) is 6.04 Å². The molecule has 0 aromatic heterocycles. The van der Waals surface area contributed by atoms with E-state index in [0.29, 0.717) is 17.7 Å². The zero-order valence-electron chi connectivity index (χ0n) is 16.4. The van der Waals surface area contributed by atoms with Crippen molar-refractivity contribution < 1.29 is 14.4 Å². The van der Waals surface area contributed by atoms with Crippen molar-refractivity contribution in [1.29, 1.82) is 0 Å². The van der Waals surface area contributed by atoms with Crippen LogP contribution in [-0.4, -0.2) is 41.4 Å². The molecule has 1 aromatic carbocycles. The van der Waals surface area contributed by atoms with Crippen LogP contribution in [0.5, 0.6) is 0 Å². The molecule has 2 atom stereocenters. The maximum Gasteiger partial charge on any atom is 0.312 e. The van der Waals surface area contributed by atoms with Gasteiger partial charge in [-0.15, -0.1) is 0 Å². The molecule has 27 heavy (non-hydrogen) atoms. The van der Waals surface area contributed by atoms with E-state index in [1.807, 2.05) is 18.7 Å². The van der Waals surface area contributed by atoms with Gasteiger partial charge >= 0.3 is 6.03 Å². The van der Waals surface area contributed by atoms with Crippen LogP contribution in [0.25, 0.3) is 0 Å². The number of piperidine rings is 1. The molecular weight excluding hydrogens is 344 g/mol. The van der Waals surface area contributed by atoms with Gasteiger partial charge < -0.3 is 21.3 Å². The predicted octanol–water partition coefficient (Wildman–Crippen LogP) is 2.79. The van der Waals surface area contributed by atoms with Gasteiger partial charge in [-0.2, -0.15) is 0 Å². The highest BCUT2D eigenvalue weighted by atomic mass is 16.2. The van der Waals surface area contributed by atoms with Gasteiger partial charge in [-0.25, -0.2) is 4.79 Å². The molecule has 4 N–H and O–H groups in total. The van der Waals surface area contributed by atoms with Crippen molar-refractivity contribution in [1.82, 2.24) is 10.2 Å². The number of urea groups is 1. The lowest BCUT2D eigenvalue weighted by molar-refractivity contribution is -0.118. The lowest BCUT2D eigenvalue weighted by Gasteiger charge is -2.33. The van der Waals surface area contributed by atoms with E-state index in [4.69, 9.17) is 5.73 Å². The number of nitrogens with one attached hydrogen (secondary N) is 2. The first kappa shape index (κ1) is 20.7. The smallest absolute Gasteiger partial charge is 0.312 e. The molecule has 0 aliphatic carbocycles. The number of benzene rings is 1. The molecule has 7 heteroatoms. The summed E-state index contributed by atoms with van der Waals surface area (Å²) < 4.78 is 0. The summed E-state index contributed by atoms with van der Waals surface area (Å²) >= 11 is 0. The van der Waals surface area contributed by atoms with Crippen LogP contribution in [0, 0.1) is 6.92 Å². The summed E-state index contributed by atoms with van der Waals surface area (Å²) in [4.78, 5) is 38.2. The Morgan fingerprint density at radius 3 is 2.63 bits per heavy atom. The molecule has 1 heterocycles. The maximum absolute atomic E-state index is 12.8. The Morgan fingerprint density at radius 1 is 1.30 bits per heavy atom. The van der Waals surface area contributed by atoms with Gasteiger partial charge in [-0.1, -0.05) is 13.3 Å². The van der Waals surface area contributed by atoms with Crippen molar-refractivity contribution in [2.75, 3.05) is 11.9 Å². The monoisotopic (exact) mass is 374 g/mol. The van der Waals surface area contributed by atoms with Crippen LogP contribution in [0.15, 0.2) is 18.2 Å². The fourth-order valence-electron chi connectivity index (χ4n) is 3.45. The minimum Gasteiger partial charge on any atom is -0.352 e. The topological polar surface area (TPSA) is 105 Å². The van der Waals surface area contributed by atoms with E-state index >= 15 is 0 Å². The van der Waals surface area contributed by atoms with E-state index in [9.17, 15) is 14.4 Å². The summed E-state index contributed by atoms with van der Waals surface area (Å²) in [6, 6.07) is 4.13. The number of rotatable bonds is 6. The summed E-state index contributed by atoms with van der Waals surface area (Å²) in [5, 5.41) is 5.28. The molecule has 1 aliphatic heterocycles. The van der Waals surface area contributed by atoms with E-state index in [0.717, 1.165) is 37.8 Å². The SMILES string of the molecule is CCCC(NC(N)=O)C(=O)Nc1ccc(C(=O)N2CCCCC2C)cc1C. The Balaban J connectivity index is 2.10. The minimum atomic E-state index is -0.725. The number of carbonyl (C=O) groups is 3. The van der Waals surface area contributed by atoms with Gasteiger partial charge in [0, 0.05) is 23.8 Å². The number of nitrogens with two attached hydrogens (primary N) is 1. The number of hydrogen-bond donors (Lipinski definition) is 3. The van der Waals surface area contributed by atoms with Crippen LogP contribution in [-0.2, 0) is 4.79 Å². The van der Waals surface area contributed by atoms with E-state index in [2.05, 4.69) is 17.6 Å². The lowest BCUT2D eigenvalue weighted by atomic mass is 10.0. The van der Waals surface area contributed by atoms with Crippen molar-refractivity contribution in [3.8, 4) is 0 Å². The Kier molecular flexibility index (Phi) is 7.21. The molecule has 0 radical (unpaired) electrons. The van der Waals surface area contributed by atoms with Crippen LogP contribution in [0.4, 0.5) is 10.5 Å². The zero-order chi connectivity index (χ0) is 20.0. The first-order valence-electron chi connectivity index (χ1n) is 9.62. The lowest BCUT2D eigenvalue weighted by Crippen LogP contribution is -2.46. The van der Waals surface area contributed by atoms with E-state index in [1.165, 1.54) is 0 Å². The molecule has 1 aliphatic rings. The molecule has 148 valence electrons. The third-order valence-corrected chi connectivity index (χ3v) is 5.01.